The Morgan fingerprint density at radius 3 is 2.88 bits per heavy atom. The molecule has 1 aliphatic carbocycles. The molecule has 0 amide bonds. The largest absolute Gasteiger partial charge is 0.378 e. The zero-order chi connectivity index (χ0) is 11.4. The van der Waals surface area contributed by atoms with Crippen LogP contribution in [-0.2, 0) is 4.74 Å². The molecule has 0 aromatic heterocycles. The molecule has 0 aromatic carbocycles. The average Bonchev–Trinajstić information content (AvgIpc) is 2.82. The van der Waals surface area contributed by atoms with E-state index in [2.05, 4.69) is 13.0 Å². The van der Waals surface area contributed by atoms with Crippen molar-refractivity contribution in [3.63, 3.8) is 0 Å². The Kier molecular flexibility index (Phi) is 3.86. The van der Waals surface area contributed by atoms with E-state index in [1.807, 2.05) is 0 Å². The van der Waals surface area contributed by atoms with Gasteiger partial charge in [0.05, 0.1) is 17.6 Å². The van der Waals surface area contributed by atoms with Crippen molar-refractivity contribution < 1.29 is 4.74 Å². The zero-order valence-electron chi connectivity index (χ0n) is 10.4. The van der Waals surface area contributed by atoms with Gasteiger partial charge in [0.15, 0.2) is 0 Å². The van der Waals surface area contributed by atoms with Crippen LogP contribution in [0.5, 0.6) is 0 Å². The molecule has 2 fully saturated rings. The van der Waals surface area contributed by atoms with Gasteiger partial charge in [-0.25, -0.2) is 0 Å². The molecule has 1 aliphatic heterocycles. The molecular formula is C14H23NO. The molecule has 2 rings (SSSR count). The van der Waals surface area contributed by atoms with Crippen molar-refractivity contribution in [1.82, 2.24) is 0 Å². The third-order valence-electron chi connectivity index (χ3n) is 4.40. The van der Waals surface area contributed by atoms with E-state index in [-0.39, 0.29) is 5.41 Å². The van der Waals surface area contributed by atoms with Gasteiger partial charge in [-0.3, -0.25) is 0 Å². The van der Waals surface area contributed by atoms with E-state index < -0.39 is 0 Å². The Hall–Kier alpha value is -0.550. The van der Waals surface area contributed by atoms with Crippen molar-refractivity contribution in [2.75, 3.05) is 6.61 Å². The molecule has 2 nitrogen and oxygen atoms in total. The minimum atomic E-state index is -0.0616. The number of hydrogen-bond donors (Lipinski definition) is 0. The lowest BCUT2D eigenvalue weighted by Crippen LogP contribution is -2.31. The number of nitrogens with zero attached hydrogens (tertiary/aromatic N) is 1. The summed E-state index contributed by atoms with van der Waals surface area (Å²) >= 11 is 0. The summed E-state index contributed by atoms with van der Waals surface area (Å²) in [6.07, 6.45) is 9.71. The van der Waals surface area contributed by atoms with Gasteiger partial charge in [-0.1, -0.05) is 26.2 Å². The van der Waals surface area contributed by atoms with Crippen LogP contribution in [-0.4, -0.2) is 12.7 Å². The lowest BCUT2D eigenvalue weighted by Gasteiger charge is -2.36. The van der Waals surface area contributed by atoms with E-state index in [0.717, 1.165) is 31.8 Å². The Balaban J connectivity index is 1.97. The quantitative estimate of drug-likeness (QED) is 0.728. The van der Waals surface area contributed by atoms with E-state index in [1.54, 1.807) is 0 Å². The van der Waals surface area contributed by atoms with E-state index in [9.17, 15) is 5.26 Å². The highest BCUT2D eigenvalue weighted by atomic mass is 16.5. The first-order valence-corrected chi connectivity index (χ1v) is 6.81. The Morgan fingerprint density at radius 2 is 2.25 bits per heavy atom. The van der Waals surface area contributed by atoms with Crippen LogP contribution in [0, 0.1) is 22.7 Å². The van der Waals surface area contributed by atoms with E-state index in [1.165, 1.54) is 32.1 Å². The third kappa shape index (κ3) is 2.58. The Labute approximate surface area is 99.0 Å². The summed E-state index contributed by atoms with van der Waals surface area (Å²) in [6, 6.07) is 2.63. The highest BCUT2D eigenvalue weighted by Crippen LogP contribution is 2.44. The summed E-state index contributed by atoms with van der Waals surface area (Å²) in [7, 11) is 0. The van der Waals surface area contributed by atoms with Crippen LogP contribution in [0.2, 0.25) is 0 Å². The van der Waals surface area contributed by atoms with Crippen LogP contribution >= 0.6 is 0 Å². The Morgan fingerprint density at radius 1 is 1.38 bits per heavy atom. The fourth-order valence-electron chi connectivity index (χ4n) is 3.41. The second-order valence-corrected chi connectivity index (χ2v) is 5.60. The van der Waals surface area contributed by atoms with Crippen molar-refractivity contribution in [2.24, 2.45) is 11.3 Å². The summed E-state index contributed by atoms with van der Waals surface area (Å²) in [5.41, 5.74) is -0.0616. The summed E-state index contributed by atoms with van der Waals surface area (Å²) < 4.78 is 5.70. The van der Waals surface area contributed by atoms with Gasteiger partial charge in [-0.05, 0) is 38.0 Å². The summed E-state index contributed by atoms with van der Waals surface area (Å²) in [4.78, 5) is 0. The van der Waals surface area contributed by atoms with Gasteiger partial charge in [0.25, 0.3) is 0 Å². The highest BCUT2D eigenvalue weighted by Gasteiger charge is 2.38. The van der Waals surface area contributed by atoms with Gasteiger partial charge in [0, 0.05) is 6.61 Å². The number of nitriles is 1. The minimum Gasteiger partial charge on any atom is -0.378 e. The molecule has 0 N–H and O–H groups in total. The summed E-state index contributed by atoms with van der Waals surface area (Å²) in [5, 5.41) is 9.51. The number of ether oxygens (including phenoxy) is 1. The molecule has 1 saturated carbocycles. The summed E-state index contributed by atoms with van der Waals surface area (Å²) in [5.74, 6) is 0.773. The lowest BCUT2D eigenvalue weighted by atomic mass is 9.67. The predicted molar refractivity (Wildman–Crippen MR) is 63.9 cm³/mol. The maximum Gasteiger partial charge on any atom is 0.0690 e. The van der Waals surface area contributed by atoms with Crippen molar-refractivity contribution in [3.05, 3.63) is 0 Å². The molecule has 0 bridgehead atoms. The number of hydrogen-bond acceptors (Lipinski definition) is 2. The lowest BCUT2D eigenvalue weighted by molar-refractivity contribution is 0.0555. The standard InChI is InChI=1S/C14H23NO/c1-2-12-5-3-7-14(9-12,11-15)10-13-6-4-8-16-13/h12-13H,2-10H2,1H3. The van der Waals surface area contributed by atoms with Gasteiger partial charge >= 0.3 is 0 Å². The van der Waals surface area contributed by atoms with Crippen molar-refractivity contribution >= 4 is 0 Å². The average molecular weight is 221 g/mol. The van der Waals surface area contributed by atoms with Gasteiger partial charge in [0.2, 0.25) is 0 Å². The van der Waals surface area contributed by atoms with E-state index >= 15 is 0 Å². The first-order valence-electron chi connectivity index (χ1n) is 6.81. The molecule has 1 saturated heterocycles. The van der Waals surface area contributed by atoms with Crippen LogP contribution in [0.4, 0.5) is 0 Å². The molecule has 1 heterocycles. The second-order valence-electron chi connectivity index (χ2n) is 5.60. The predicted octanol–water partition coefficient (Wildman–Crippen LogP) is 3.67. The van der Waals surface area contributed by atoms with Crippen molar-refractivity contribution in [1.29, 1.82) is 5.26 Å². The molecule has 3 atom stereocenters. The molecular weight excluding hydrogens is 198 g/mol. The molecule has 2 aliphatic rings. The normalized spacial score (nSPS) is 39.5. The van der Waals surface area contributed by atoms with Gasteiger partial charge in [-0.2, -0.15) is 5.26 Å². The number of rotatable bonds is 3. The molecule has 3 unspecified atom stereocenters. The first-order chi connectivity index (χ1) is 7.78. The first kappa shape index (κ1) is 11.9. The zero-order valence-corrected chi connectivity index (χ0v) is 10.4. The third-order valence-corrected chi connectivity index (χ3v) is 4.40. The van der Waals surface area contributed by atoms with Gasteiger partial charge < -0.3 is 4.74 Å². The van der Waals surface area contributed by atoms with Crippen molar-refractivity contribution in [3.8, 4) is 6.07 Å². The van der Waals surface area contributed by atoms with Crippen LogP contribution in [0.3, 0.4) is 0 Å². The molecule has 90 valence electrons. The fourth-order valence-corrected chi connectivity index (χ4v) is 3.41. The topological polar surface area (TPSA) is 33.0 Å². The molecule has 16 heavy (non-hydrogen) atoms. The highest BCUT2D eigenvalue weighted by molar-refractivity contribution is 5.03. The smallest absolute Gasteiger partial charge is 0.0690 e. The molecule has 2 heteroatoms. The maximum absolute atomic E-state index is 9.51. The van der Waals surface area contributed by atoms with Crippen LogP contribution in [0.15, 0.2) is 0 Å². The Bertz CT molecular complexity index is 264. The maximum atomic E-state index is 9.51. The van der Waals surface area contributed by atoms with E-state index in [4.69, 9.17) is 4.74 Å². The fraction of sp³-hybridized carbons (Fsp3) is 0.929. The second kappa shape index (κ2) is 5.19. The van der Waals surface area contributed by atoms with Crippen molar-refractivity contribution in [2.45, 2.75) is 64.4 Å². The minimum absolute atomic E-state index is 0.0616. The summed E-state index contributed by atoms with van der Waals surface area (Å²) in [6.45, 7) is 3.16. The van der Waals surface area contributed by atoms with Crippen LogP contribution in [0.1, 0.15) is 58.3 Å². The van der Waals surface area contributed by atoms with Crippen LogP contribution < -0.4 is 0 Å². The van der Waals surface area contributed by atoms with Crippen LogP contribution in [0.25, 0.3) is 0 Å². The van der Waals surface area contributed by atoms with E-state index in [0.29, 0.717) is 6.10 Å². The monoisotopic (exact) mass is 221 g/mol. The molecule has 0 aromatic rings. The van der Waals surface area contributed by atoms with Gasteiger partial charge in [-0.15, -0.1) is 0 Å². The molecule has 0 radical (unpaired) electrons. The molecule has 0 spiro atoms. The van der Waals surface area contributed by atoms with Gasteiger partial charge in [0.1, 0.15) is 0 Å². The SMILES string of the molecule is CCC1CCCC(C#N)(CC2CCCO2)C1.